The molecule has 1 aromatic carbocycles. The quantitative estimate of drug-likeness (QED) is 0.772. The van der Waals surface area contributed by atoms with Crippen molar-refractivity contribution >= 4 is 44.8 Å². The lowest BCUT2D eigenvalue weighted by molar-refractivity contribution is -0.116. The summed E-state index contributed by atoms with van der Waals surface area (Å²) in [5, 5.41) is 3.22. The summed E-state index contributed by atoms with van der Waals surface area (Å²) in [5.74, 6) is -0.422. The number of nitrogens with zero attached hydrogens (tertiary/aromatic N) is 1. The molecule has 1 N–H and O–H groups in total. The third-order valence-corrected chi connectivity index (χ3v) is 6.28. The van der Waals surface area contributed by atoms with E-state index in [4.69, 9.17) is 23.2 Å². The summed E-state index contributed by atoms with van der Waals surface area (Å²) >= 11 is 12.0. The Labute approximate surface area is 153 Å². The van der Waals surface area contributed by atoms with E-state index in [1.54, 1.807) is 18.2 Å². The Morgan fingerprint density at radius 2 is 1.83 bits per heavy atom. The van der Waals surface area contributed by atoms with E-state index in [1.807, 2.05) is 0 Å². The predicted octanol–water partition coefficient (Wildman–Crippen LogP) is 3.92. The van der Waals surface area contributed by atoms with Crippen LogP contribution in [-0.4, -0.2) is 37.5 Å². The van der Waals surface area contributed by atoms with Crippen LogP contribution < -0.4 is 5.32 Å². The zero-order valence-electron chi connectivity index (χ0n) is 13.6. The first-order chi connectivity index (χ1) is 11.3. The maximum absolute atomic E-state index is 12.3. The van der Waals surface area contributed by atoms with E-state index in [0.29, 0.717) is 10.7 Å². The van der Waals surface area contributed by atoms with Crippen molar-refractivity contribution in [3.8, 4) is 0 Å². The highest BCUT2D eigenvalue weighted by Crippen LogP contribution is 2.30. The lowest BCUT2D eigenvalue weighted by Crippen LogP contribution is -2.44. The highest BCUT2D eigenvalue weighted by atomic mass is 35.5. The molecule has 0 unspecified atom stereocenters. The minimum atomic E-state index is -3.47. The average molecular weight is 393 g/mol. The lowest BCUT2D eigenvalue weighted by Gasteiger charge is -2.28. The minimum absolute atomic E-state index is 0.122. The van der Waals surface area contributed by atoms with Gasteiger partial charge in [0.15, 0.2) is 0 Å². The van der Waals surface area contributed by atoms with Gasteiger partial charge in [-0.05, 0) is 25.0 Å². The molecule has 0 bridgehead atoms. The largest absolute Gasteiger partial charge is 0.324 e. The van der Waals surface area contributed by atoms with Gasteiger partial charge in [-0.25, -0.2) is 8.42 Å². The monoisotopic (exact) mass is 392 g/mol. The Hall–Kier alpha value is -0.820. The summed E-state index contributed by atoms with van der Waals surface area (Å²) < 4.78 is 25.6. The van der Waals surface area contributed by atoms with Crippen LogP contribution in [-0.2, 0) is 14.8 Å². The summed E-state index contributed by atoms with van der Waals surface area (Å²) in [4.78, 5) is 12.3. The van der Waals surface area contributed by atoms with Crippen molar-refractivity contribution in [2.24, 2.45) is 0 Å². The number of amides is 1. The number of anilines is 1. The van der Waals surface area contributed by atoms with Gasteiger partial charge in [0, 0.05) is 6.04 Å². The zero-order chi connectivity index (χ0) is 17.7. The second-order valence-electron chi connectivity index (χ2n) is 6.10. The molecule has 1 aliphatic rings. The van der Waals surface area contributed by atoms with Gasteiger partial charge in [0.2, 0.25) is 15.9 Å². The van der Waals surface area contributed by atoms with Crippen LogP contribution in [0.1, 0.15) is 38.5 Å². The van der Waals surface area contributed by atoms with Gasteiger partial charge in [0.25, 0.3) is 0 Å². The van der Waals surface area contributed by atoms with Crippen LogP contribution in [0.15, 0.2) is 18.2 Å². The number of hydrogen-bond donors (Lipinski definition) is 1. The van der Waals surface area contributed by atoms with Crippen LogP contribution in [0.25, 0.3) is 0 Å². The van der Waals surface area contributed by atoms with E-state index in [1.165, 1.54) is 4.31 Å². The maximum atomic E-state index is 12.3. The average Bonchev–Trinajstić information content (AvgIpc) is 2.77. The van der Waals surface area contributed by atoms with E-state index >= 15 is 0 Å². The molecule has 1 amide bonds. The number of halogens is 2. The number of carbonyl (C=O) groups excluding carboxylic acids is 1. The third kappa shape index (κ3) is 5.34. The van der Waals surface area contributed by atoms with Gasteiger partial charge in [-0.3, -0.25) is 4.79 Å². The fourth-order valence-electron chi connectivity index (χ4n) is 2.99. The number of carbonyl (C=O) groups is 1. The molecule has 0 heterocycles. The molecular formula is C16H22Cl2N2O3S. The van der Waals surface area contributed by atoms with Gasteiger partial charge in [-0.15, -0.1) is 0 Å². The van der Waals surface area contributed by atoms with Crippen LogP contribution in [0.3, 0.4) is 0 Å². The van der Waals surface area contributed by atoms with E-state index in [-0.39, 0.29) is 17.6 Å². The van der Waals surface area contributed by atoms with Crippen molar-refractivity contribution in [3.05, 3.63) is 28.2 Å². The SMILES string of the molecule is CS(=O)(=O)N(CC(=O)Nc1cccc(Cl)c1Cl)C1CCCCCC1. The number of rotatable bonds is 5. The van der Waals surface area contributed by atoms with Crippen molar-refractivity contribution < 1.29 is 13.2 Å². The maximum Gasteiger partial charge on any atom is 0.239 e. The molecule has 2 rings (SSSR count). The standard InChI is InChI=1S/C16H22Cl2N2O3S/c1-24(22,23)20(12-7-4-2-3-5-8-12)11-15(21)19-14-10-6-9-13(17)16(14)18/h6,9-10,12H,2-5,7-8,11H2,1H3,(H,19,21). The predicted molar refractivity (Wildman–Crippen MR) is 98.1 cm³/mol. The second-order valence-corrected chi connectivity index (χ2v) is 8.82. The second kappa shape index (κ2) is 8.52. The first kappa shape index (κ1) is 19.5. The summed E-state index contributed by atoms with van der Waals surface area (Å²) in [6, 6.07) is 4.79. The van der Waals surface area contributed by atoms with Crippen LogP contribution in [0.5, 0.6) is 0 Å². The Balaban J connectivity index is 2.11. The van der Waals surface area contributed by atoms with Crippen LogP contribution in [0.2, 0.25) is 10.0 Å². The van der Waals surface area contributed by atoms with Gasteiger partial charge >= 0.3 is 0 Å². The first-order valence-electron chi connectivity index (χ1n) is 7.99. The van der Waals surface area contributed by atoms with Crippen molar-refractivity contribution in [3.63, 3.8) is 0 Å². The topological polar surface area (TPSA) is 66.5 Å². The highest BCUT2D eigenvalue weighted by molar-refractivity contribution is 7.88. The molecule has 0 radical (unpaired) electrons. The normalized spacial score (nSPS) is 16.8. The Morgan fingerprint density at radius 1 is 1.21 bits per heavy atom. The molecule has 0 saturated heterocycles. The van der Waals surface area contributed by atoms with Crippen LogP contribution >= 0.6 is 23.2 Å². The van der Waals surface area contributed by atoms with Crippen molar-refractivity contribution in [1.29, 1.82) is 0 Å². The zero-order valence-corrected chi connectivity index (χ0v) is 15.9. The molecule has 1 aromatic rings. The summed E-state index contributed by atoms with van der Waals surface area (Å²) in [7, 11) is -3.47. The van der Waals surface area contributed by atoms with Gasteiger partial charge < -0.3 is 5.32 Å². The molecule has 8 heteroatoms. The fourth-order valence-corrected chi connectivity index (χ4v) is 4.45. The van der Waals surface area contributed by atoms with Crippen molar-refractivity contribution in [2.45, 2.75) is 44.6 Å². The molecule has 0 spiro atoms. The molecule has 134 valence electrons. The Morgan fingerprint density at radius 3 is 2.42 bits per heavy atom. The van der Waals surface area contributed by atoms with E-state index < -0.39 is 15.9 Å². The lowest BCUT2D eigenvalue weighted by atomic mass is 10.1. The van der Waals surface area contributed by atoms with Crippen molar-refractivity contribution in [2.75, 3.05) is 18.1 Å². The molecule has 24 heavy (non-hydrogen) atoms. The molecule has 0 aliphatic heterocycles. The molecule has 1 saturated carbocycles. The molecule has 1 aliphatic carbocycles. The molecule has 0 atom stereocenters. The van der Waals surface area contributed by atoms with Crippen LogP contribution in [0, 0.1) is 0 Å². The molecule has 5 nitrogen and oxygen atoms in total. The third-order valence-electron chi connectivity index (χ3n) is 4.18. The van der Waals surface area contributed by atoms with E-state index in [9.17, 15) is 13.2 Å². The number of nitrogens with one attached hydrogen (secondary N) is 1. The van der Waals surface area contributed by atoms with Crippen LogP contribution in [0.4, 0.5) is 5.69 Å². The van der Waals surface area contributed by atoms with E-state index in [0.717, 1.165) is 44.8 Å². The Bertz CT molecular complexity index is 687. The van der Waals surface area contributed by atoms with Gasteiger partial charge in [0.05, 0.1) is 28.5 Å². The number of benzene rings is 1. The van der Waals surface area contributed by atoms with Gasteiger partial charge in [-0.2, -0.15) is 4.31 Å². The van der Waals surface area contributed by atoms with E-state index in [2.05, 4.69) is 5.32 Å². The summed E-state index contributed by atoms with van der Waals surface area (Å²) in [6.45, 7) is -0.216. The minimum Gasteiger partial charge on any atom is -0.324 e. The van der Waals surface area contributed by atoms with Crippen molar-refractivity contribution in [1.82, 2.24) is 4.31 Å². The summed E-state index contributed by atoms with van der Waals surface area (Å²) in [5.41, 5.74) is 0.378. The first-order valence-corrected chi connectivity index (χ1v) is 10.6. The number of sulfonamides is 1. The van der Waals surface area contributed by atoms with Gasteiger partial charge in [0.1, 0.15) is 0 Å². The molecule has 0 aromatic heterocycles. The number of hydrogen-bond acceptors (Lipinski definition) is 3. The Kier molecular flexibility index (Phi) is 6.92. The summed E-state index contributed by atoms with van der Waals surface area (Å²) in [6.07, 6.45) is 6.92. The smallest absolute Gasteiger partial charge is 0.239 e. The molecule has 1 fully saturated rings. The highest BCUT2D eigenvalue weighted by Gasteiger charge is 2.29. The molecular weight excluding hydrogens is 371 g/mol. The van der Waals surface area contributed by atoms with Gasteiger partial charge in [-0.1, -0.05) is 55.0 Å². The fraction of sp³-hybridized carbons (Fsp3) is 0.562.